The summed E-state index contributed by atoms with van der Waals surface area (Å²) in [5.74, 6) is 1.11. The van der Waals surface area contributed by atoms with E-state index in [1.54, 1.807) is 8.93 Å². The molecule has 0 spiro atoms. The van der Waals surface area contributed by atoms with E-state index in [1.165, 1.54) is 5.56 Å². The van der Waals surface area contributed by atoms with Crippen molar-refractivity contribution in [2.45, 2.75) is 49.0 Å². The second-order valence-electron chi connectivity index (χ2n) is 8.74. The monoisotopic (exact) mass is 615 g/mol. The number of aromatic amines is 1. The summed E-state index contributed by atoms with van der Waals surface area (Å²) >= 11 is 8.33. The number of morpholine rings is 1. The number of nitrogen functional groups attached to an aromatic ring is 1. The maximum atomic E-state index is 6.34. The van der Waals surface area contributed by atoms with Crippen molar-refractivity contribution in [1.29, 1.82) is 0 Å². The van der Waals surface area contributed by atoms with Gasteiger partial charge < -0.3 is 15.4 Å². The first-order valence-corrected chi connectivity index (χ1v) is 15.0. The summed E-state index contributed by atoms with van der Waals surface area (Å²) in [4.78, 5) is 7.93. The first kappa shape index (κ1) is 24.1. The lowest BCUT2D eigenvalue weighted by Crippen LogP contribution is -2.58. The average Bonchev–Trinajstić information content (AvgIpc) is 3.50. The van der Waals surface area contributed by atoms with Gasteiger partial charge in [0.2, 0.25) is 11.9 Å². The Morgan fingerprint density at radius 1 is 1.18 bits per heavy atom. The molecule has 3 aromatic rings. The van der Waals surface area contributed by atoms with Crippen LogP contribution in [0, 0.1) is 0 Å². The standard InChI is InChI=1S/C21H27ClIN9OS/c22-15-3-1-14(2-4-15)9-17-13-33-18(10-31-12-19(34-23)26-29-31)11-32(17)16-5-7-30(8-6-16)21-25-20(24)27-28-21/h1-4,12,16-18H,5-11,13H2,(H3,24,25,27,28). The van der Waals surface area contributed by atoms with Crippen molar-refractivity contribution in [2.24, 2.45) is 0 Å². The molecule has 2 saturated heterocycles. The Kier molecular flexibility index (Phi) is 7.78. The molecular formula is C21H27ClIN9OS. The molecule has 2 aliphatic heterocycles. The Hall–Kier alpha value is -1.61. The molecule has 34 heavy (non-hydrogen) atoms. The van der Waals surface area contributed by atoms with Gasteiger partial charge in [0, 0.05) is 57.9 Å². The van der Waals surface area contributed by atoms with Gasteiger partial charge in [-0.1, -0.05) is 28.9 Å². The number of nitrogens with zero attached hydrogens (tertiary/aromatic N) is 7. The molecule has 10 nitrogen and oxygen atoms in total. The fourth-order valence-electron chi connectivity index (χ4n) is 4.84. The fraction of sp³-hybridized carbons (Fsp3) is 0.524. The fourth-order valence-corrected chi connectivity index (χ4v) is 5.80. The lowest BCUT2D eigenvalue weighted by Gasteiger charge is -2.46. The zero-order valence-corrected chi connectivity index (χ0v) is 22.3. The number of rotatable bonds is 7. The number of benzene rings is 1. The maximum Gasteiger partial charge on any atom is 0.226 e. The predicted molar refractivity (Wildman–Crippen MR) is 141 cm³/mol. The van der Waals surface area contributed by atoms with Gasteiger partial charge in [-0.15, -0.1) is 15.3 Å². The number of halogens is 2. The van der Waals surface area contributed by atoms with Gasteiger partial charge in [-0.05, 0) is 45.9 Å². The van der Waals surface area contributed by atoms with E-state index in [2.05, 4.69) is 68.6 Å². The topological polar surface area (TPSA) is 114 Å². The van der Waals surface area contributed by atoms with Crippen molar-refractivity contribution in [3.8, 4) is 0 Å². The van der Waals surface area contributed by atoms with Crippen molar-refractivity contribution >= 4 is 53.6 Å². The van der Waals surface area contributed by atoms with Crippen molar-refractivity contribution in [3.63, 3.8) is 0 Å². The zero-order chi connectivity index (χ0) is 23.5. The predicted octanol–water partition coefficient (Wildman–Crippen LogP) is 3.06. The number of nitrogens with two attached hydrogens (primary N) is 1. The molecule has 182 valence electrons. The normalized spacial score (nSPS) is 22.4. The molecular weight excluding hydrogens is 589 g/mol. The smallest absolute Gasteiger partial charge is 0.226 e. The van der Waals surface area contributed by atoms with Gasteiger partial charge in [-0.3, -0.25) is 9.88 Å². The van der Waals surface area contributed by atoms with E-state index in [1.807, 2.05) is 23.0 Å². The van der Waals surface area contributed by atoms with Crippen LogP contribution >= 0.6 is 41.7 Å². The number of H-pyrrole nitrogens is 1. The van der Waals surface area contributed by atoms with Crippen LogP contribution in [-0.4, -0.2) is 79.5 Å². The minimum absolute atomic E-state index is 0.0716. The molecule has 0 bridgehead atoms. The molecule has 0 saturated carbocycles. The first-order valence-electron chi connectivity index (χ1n) is 11.3. The van der Waals surface area contributed by atoms with E-state index in [9.17, 15) is 0 Å². The van der Waals surface area contributed by atoms with Gasteiger partial charge in [-0.25, -0.2) is 4.68 Å². The molecule has 2 aliphatic rings. The zero-order valence-electron chi connectivity index (χ0n) is 18.6. The molecule has 2 unspecified atom stereocenters. The van der Waals surface area contributed by atoms with Gasteiger partial charge in [0.1, 0.15) is 5.03 Å². The summed E-state index contributed by atoms with van der Waals surface area (Å²) in [6.07, 6.45) is 5.07. The third-order valence-corrected chi connectivity index (χ3v) is 8.46. The van der Waals surface area contributed by atoms with Crippen LogP contribution in [0.4, 0.5) is 11.9 Å². The van der Waals surface area contributed by atoms with Crippen molar-refractivity contribution < 1.29 is 4.74 Å². The first-order chi connectivity index (χ1) is 16.6. The molecule has 5 rings (SSSR count). The maximum absolute atomic E-state index is 6.34. The minimum Gasteiger partial charge on any atom is -0.373 e. The van der Waals surface area contributed by atoms with Crippen LogP contribution in [0.1, 0.15) is 18.4 Å². The third-order valence-electron chi connectivity index (χ3n) is 6.51. The highest BCUT2D eigenvalue weighted by atomic mass is 127. The van der Waals surface area contributed by atoms with E-state index in [0.717, 1.165) is 54.9 Å². The van der Waals surface area contributed by atoms with Gasteiger partial charge in [0.15, 0.2) is 0 Å². The average molecular weight is 616 g/mol. The molecule has 4 heterocycles. The minimum atomic E-state index is 0.0716. The second kappa shape index (κ2) is 11.0. The van der Waals surface area contributed by atoms with Gasteiger partial charge in [0.05, 0.1) is 25.5 Å². The summed E-state index contributed by atoms with van der Waals surface area (Å²) < 4.78 is 8.22. The highest BCUT2D eigenvalue weighted by molar-refractivity contribution is 14.2. The van der Waals surface area contributed by atoms with Crippen LogP contribution in [0.5, 0.6) is 0 Å². The lowest BCUT2D eigenvalue weighted by atomic mass is 9.96. The largest absolute Gasteiger partial charge is 0.373 e. The van der Waals surface area contributed by atoms with E-state index in [0.29, 0.717) is 31.2 Å². The molecule has 0 aliphatic carbocycles. The lowest BCUT2D eigenvalue weighted by molar-refractivity contribution is -0.0884. The van der Waals surface area contributed by atoms with E-state index in [4.69, 9.17) is 22.1 Å². The molecule has 3 N–H and O–H groups in total. The van der Waals surface area contributed by atoms with Crippen LogP contribution in [0.25, 0.3) is 0 Å². The van der Waals surface area contributed by atoms with E-state index >= 15 is 0 Å². The number of hydrogen-bond acceptors (Lipinski definition) is 9. The molecule has 2 fully saturated rings. The highest BCUT2D eigenvalue weighted by Gasteiger charge is 2.36. The molecule has 2 aromatic heterocycles. The van der Waals surface area contributed by atoms with Crippen molar-refractivity contribution in [2.75, 3.05) is 36.9 Å². The summed E-state index contributed by atoms with van der Waals surface area (Å²) in [6, 6.07) is 8.93. The number of ether oxygens (including phenoxy) is 1. The Morgan fingerprint density at radius 2 is 1.97 bits per heavy atom. The number of hydrogen-bond donors (Lipinski definition) is 2. The molecule has 0 amide bonds. The van der Waals surface area contributed by atoms with E-state index in [-0.39, 0.29) is 6.10 Å². The number of anilines is 2. The Morgan fingerprint density at radius 3 is 2.65 bits per heavy atom. The quantitative estimate of drug-likeness (QED) is 0.387. The number of piperidine rings is 1. The number of nitrogens with one attached hydrogen (secondary N) is 1. The summed E-state index contributed by atoms with van der Waals surface area (Å²) in [5.41, 5.74) is 6.99. The summed E-state index contributed by atoms with van der Waals surface area (Å²) in [5, 5.41) is 18.2. The van der Waals surface area contributed by atoms with Crippen LogP contribution < -0.4 is 10.6 Å². The van der Waals surface area contributed by atoms with Crippen LogP contribution in [-0.2, 0) is 17.7 Å². The van der Waals surface area contributed by atoms with Gasteiger partial charge in [0.25, 0.3) is 0 Å². The molecule has 1 aromatic carbocycles. The third kappa shape index (κ3) is 5.78. The summed E-state index contributed by atoms with van der Waals surface area (Å²) in [7, 11) is 1.57. The molecule has 0 radical (unpaired) electrons. The summed E-state index contributed by atoms with van der Waals surface area (Å²) in [6.45, 7) is 4.08. The molecule has 2 atom stereocenters. The van der Waals surface area contributed by atoms with Gasteiger partial charge in [-0.2, -0.15) is 0 Å². The van der Waals surface area contributed by atoms with Gasteiger partial charge >= 0.3 is 0 Å². The molecule has 13 heteroatoms. The SMILES string of the molecule is Nc1nnc(N2CCC(N3CC(Cn4cc(SI)nn4)OCC3Cc3ccc(Cl)cc3)CC2)[nH]1. The Labute approximate surface area is 219 Å². The van der Waals surface area contributed by atoms with E-state index < -0.39 is 0 Å². The van der Waals surface area contributed by atoms with Crippen LogP contribution in [0.3, 0.4) is 0 Å². The second-order valence-corrected chi connectivity index (χ2v) is 11.1. The Bertz CT molecular complexity index is 1070. The Balaban J connectivity index is 1.27. The van der Waals surface area contributed by atoms with Crippen LogP contribution in [0.2, 0.25) is 5.02 Å². The van der Waals surface area contributed by atoms with Crippen LogP contribution in [0.15, 0.2) is 35.5 Å². The van der Waals surface area contributed by atoms with Crippen molar-refractivity contribution in [3.05, 3.63) is 41.0 Å². The number of aromatic nitrogens is 6. The highest BCUT2D eigenvalue weighted by Crippen LogP contribution is 2.27. The van der Waals surface area contributed by atoms with Crippen molar-refractivity contribution in [1.82, 2.24) is 35.1 Å².